The van der Waals surface area contributed by atoms with Crippen LogP contribution in [-0.2, 0) is 24.3 Å². The summed E-state index contributed by atoms with van der Waals surface area (Å²) in [5.74, 6) is -0.0191. The molecule has 1 aliphatic heterocycles. The number of nitrogens with zero attached hydrogens (tertiary/aromatic N) is 4. The number of hydrogen-bond donors (Lipinski definition) is 1. The third-order valence-electron chi connectivity index (χ3n) is 5.29. The van der Waals surface area contributed by atoms with Crippen LogP contribution in [-0.4, -0.2) is 58.9 Å². The summed E-state index contributed by atoms with van der Waals surface area (Å²) in [4.78, 5) is 26.0. The molecule has 1 fully saturated rings. The summed E-state index contributed by atoms with van der Waals surface area (Å²) in [6, 6.07) is 14.3. The van der Waals surface area contributed by atoms with Gasteiger partial charge in [0.25, 0.3) is 0 Å². The molecule has 1 amide bonds. The van der Waals surface area contributed by atoms with Crippen molar-refractivity contribution >= 4 is 17.2 Å². The van der Waals surface area contributed by atoms with Crippen LogP contribution in [0.2, 0.25) is 0 Å². The second-order valence-corrected chi connectivity index (χ2v) is 8.57. The molecule has 0 radical (unpaired) electrons. The first-order valence-electron chi connectivity index (χ1n) is 10.3. The van der Waals surface area contributed by atoms with Gasteiger partial charge in [-0.1, -0.05) is 30.3 Å². The monoisotopic (exact) mass is 421 g/mol. The standard InChI is InChI=1S/C23H27N5OS/c1-27-10-12-28(13-11-27)16-19-7-5-18(6-8-19)15-25-22(29)14-20-17-30-23(26-20)21-4-2-3-9-24-21/h2-9,17H,10-16H2,1H3,(H,25,29). The SMILES string of the molecule is CN1CCN(Cc2ccc(CNC(=O)Cc3csc(-c4ccccn4)n3)cc2)CC1. The number of amides is 1. The highest BCUT2D eigenvalue weighted by molar-refractivity contribution is 7.13. The lowest BCUT2D eigenvalue weighted by Gasteiger charge is -2.32. The fourth-order valence-corrected chi connectivity index (χ4v) is 4.24. The van der Waals surface area contributed by atoms with Gasteiger partial charge in [0.2, 0.25) is 5.91 Å². The highest BCUT2D eigenvalue weighted by Gasteiger charge is 2.14. The summed E-state index contributed by atoms with van der Waals surface area (Å²) in [7, 11) is 2.17. The van der Waals surface area contributed by atoms with Gasteiger partial charge >= 0.3 is 0 Å². The van der Waals surface area contributed by atoms with Crippen molar-refractivity contribution in [3.05, 3.63) is 70.9 Å². The number of hydrogen-bond acceptors (Lipinski definition) is 6. The molecule has 0 aliphatic carbocycles. The van der Waals surface area contributed by atoms with E-state index in [-0.39, 0.29) is 12.3 Å². The molecule has 0 bridgehead atoms. The Balaban J connectivity index is 1.23. The Morgan fingerprint density at radius 1 is 1.07 bits per heavy atom. The Kier molecular flexibility index (Phi) is 6.84. The fourth-order valence-electron chi connectivity index (χ4n) is 3.45. The summed E-state index contributed by atoms with van der Waals surface area (Å²) in [5.41, 5.74) is 4.04. The Morgan fingerprint density at radius 2 is 1.83 bits per heavy atom. The third kappa shape index (κ3) is 5.72. The average Bonchev–Trinajstić information content (AvgIpc) is 3.24. The zero-order chi connectivity index (χ0) is 20.8. The lowest BCUT2D eigenvalue weighted by molar-refractivity contribution is -0.120. The predicted molar refractivity (Wildman–Crippen MR) is 120 cm³/mol. The lowest BCUT2D eigenvalue weighted by atomic mass is 10.1. The zero-order valence-electron chi connectivity index (χ0n) is 17.3. The van der Waals surface area contributed by atoms with Crippen LogP contribution in [0.25, 0.3) is 10.7 Å². The van der Waals surface area contributed by atoms with E-state index < -0.39 is 0 Å². The van der Waals surface area contributed by atoms with Gasteiger partial charge in [0, 0.05) is 50.8 Å². The molecule has 1 saturated heterocycles. The number of piperazine rings is 1. The predicted octanol–water partition coefficient (Wildman–Crippen LogP) is 2.81. The van der Waals surface area contributed by atoms with E-state index in [0.717, 1.165) is 54.7 Å². The van der Waals surface area contributed by atoms with E-state index in [9.17, 15) is 4.79 Å². The number of carbonyl (C=O) groups excluding carboxylic acids is 1. The smallest absolute Gasteiger partial charge is 0.226 e. The van der Waals surface area contributed by atoms with Crippen molar-refractivity contribution in [2.75, 3.05) is 33.2 Å². The average molecular weight is 422 g/mol. The van der Waals surface area contributed by atoms with Crippen LogP contribution in [0.15, 0.2) is 54.0 Å². The molecule has 156 valence electrons. The van der Waals surface area contributed by atoms with Gasteiger partial charge in [-0.15, -0.1) is 11.3 Å². The van der Waals surface area contributed by atoms with E-state index in [1.54, 1.807) is 6.20 Å². The summed E-state index contributed by atoms with van der Waals surface area (Å²) < 4.78 is 0. The number of likely N-dealkylation sites (N-methyl/N-ethyl adjacent to an activating group) is 1. The van der Waals surface area contributed by atoms with E-state index >= 15 is 0 Å². The second-order valence-electron chi connectivity index (χ2n) is 7.71. The number of carbonyl (C=O) groups is 1. The number of aromatic nitrogens is 2. The lowest BCUT2D eigenvalue weighted by Crippen LogP contribution is -2.43. The van der Waals surface area contributed by atoms with E-state index in [0.29, 0.717) is 6.54 Å². The van der Waals surface area contributed by atoms with E-state index in [2.05, 4.69) is 56.4 Å². The molecular formula is C23H27N5OS. The number of benzene rings is 1. The molecule has 1 N–H and O–H groups in total. The van der Waals surface area contributed by atoms with Crippen LogP contribution in [0.3, 0.4) is 0 Å². The molecule has 1 aromatic carbocycles. The minimum absolute atomic E-state index is 0.0191. The van der Waals surface area contributed by atoms with Gasteiger partial charge in [0.05, 0.1) is 17.8 Å². The zero-order valence-corrected chi connectivity index (χ0v) is 18.1. The molecule has 2 aromatic heterocycles. The molecule has 6 nitrogen and oxygen atoms in total. The van der Waals surface area contributed by atoms with Crippen molar-refractivity contribution in [1.29, 1.82) is 0 Å². The van der Waals surface area contributed by atoms with Crippen molar-refractivity contribution in [3.63, 3.8) is 0 Å². The van der Waals surface area contributed by atoms with Gasteiger partial charge in [0.1, 0.15) is 5.01 Å². The second kappa shape index (κ2) is 9.93. The molecule has 30 heavy (non-hydrogen) atoms. The molecule has 7 heteroatoms. The van der Waals surface area contributed by atoms with Gasteiger partial charge < -0.3 is 10.2 Å². The first kappa shape index (κ1) is 20.7. The Morgan fingerprint density at radius 3 is 2.57 bits per heavy atom. The van der Waals surface area contributed by atoms with Crippen LogP contribution >= 0.6 is 11.3 Å². The van der Waals surface area contributed by atoms with Gasteiger partial charge in [-0.2, -0.15) is 0 Å². The fraction of sp³-hybridized carbons (Fsp3) is 0.348. The van der Waals surface area contributed by atoms with Gasteiger partial charge in [0.15, 0.2) is 0 Å². The summed E-state index contributed by atoms with van der Waals surface area (Å²) >= 11 is 1.51. The first-order chi connectivity index (χ1) is 14.7. The molecule has 3 heterocycles. The summed E-state index contributed by atoms with van der Waals surface area (Å²) in [6.45, 7) is 6.02. The maximum atomic E-state index is 12.3. The van der Waals surface area contributed by atoms with Crippen LogP contribution in [0.4, 0.5) is 0 Å². The highest BCUT2D eigenvalue weighted by atomic mass is 32.1. The summed E-state index contributed by atoms with van der Waals surface area (Å²) in [5, 5.41) is 5.77. The maximum absolute atomic E-state index is 12.3. The third-order valence-corrected chi connectivity index (χ3v) is 6.21. The maximum Gasteiger partial charge on any atom is 0.226 e. The molecule has 0 saturated carbocycles. The highest BCUT2D eigenvalue weighted by Crippen LogP contribution is 2.21. The Labute approximate surface area is 181 Å². The van der Waals surface area contributed by atoms with Gasteiger partial charge in [-0.05, 0) is 30.3 Å². The number of nitrogens with one attached hydrogen (secondary N) is 1. The van der Waals surface area contributed by atoms with Gasteiger partial charge in [-0.25, -0.2) is 4.98 Å². The molecule has 4 rings (SSSR count). The number of thiazole rings is 1. The Hall–Kier alpha value is -2.61. The van der Waals surface area contributed by atoms with E-state index in [1.165, 1.54) is 16.9 Å². The van der Waals surface area contributed by atoms with Crippen molar-refractivity contribution in [3.8, 4) is 10.7 Å². The van der Waals surface area contributed by atoms with Gasteiger partial charge in [-0.3, -0.25) is 14.7 Å². The van der Waals surface area contributed by atoms with Crippen molar-refractivity contribution < 1.29 is 4.79 Å². The minimum Gasteiger partial charge on any atom is -0.352 e. The van der Waals surface area contributed by atoms with E-state index in [4.69, 9.17) is 0 Å². The number of rotatable bonds is 7. The summed E-state index contributed by atoms with van der Waals surface area (Å²) in [6.07, 6.45) is 2.03. The Bertz CT molecular complexity index is 949. The van der Waals surface area contributed by atoms with Crippen LogP contribution < -0.4 is 5.32 Å². The molecule has 0 atom stereocenters. The van der Waals surface area contributed by atoms with Crippen LogP contribution in [0.5, 0.6) is 0 Å². The topological polar surface area (TPSA) is 61.4 Å². The molecule has 3 aromatic rings. The number of pyridine rings is 1. The normalized spacial score (nSPS) is 15.2. The van der Waals surface area contributed by atoms with Crippen LogP contribution in [0.1, 0.15) is 16.8 Å². The first-order valence-corrected chi connectivity index (χ1v) is 11.1. The van der Waals surface area contributed by atoms with Crippen LogP contribution in [0, 0.1) is 0 Å². The van der Waals surface area contributed by atoms with Crippen molar-refractivity contribution in [1.82, 2.24) is 25.1 Å². The van der Waals surface area contributed by atoms with Crippen molar-refractivity contribution in [2.24, 2.45) is 0 Å². The molecular weight excluding hydrogens is 394 g/mol. The largest absolute Gasteiger partial charge is 0.352 e. The molecule has 0 spiro atoms. The molecule has 0 unspecified atom stereocenters. The van der Waals surface area contributed by atoms with Crippen molar-refractivity contribution in [2.45, 2.75) is 19.5 Å². The van der Waals surface area contributed by atoms with E-state index in [1.807, 2.05) is 23.6 Å². The molecule has 1 aliphatic rings. The quantitative estimate of drug-likeness (QED) is 0.636. The minimum atomic E-state index is -0.0191.